The molecule has 1 saturated heterocycles. The Hall–Kier alpha value is -0.520. The molecule has 1 aliphatic carbocycles. The number of morpholine rings is 1. The molecule has 12 heavy (non-hydrogen) atoms. The Morgan fingerprint density at radius 3 is 3.00 bits per heavy atom. The van der Waals surface area contributed by atoms with Crippen molar-refractivity contribution in [2.24, 2.45) is 5.92 Å². The van der Waals surface area contributed by atoms with E-state index < -0.39 is 0 Å². The van der Waals surface area contributed by atoms with E-state index in [1.807, 2.05) is 0 Å². The van der Waals surface area contributed by atoms with Gasteiger partial charge in [-0.05, 0) is 18.8 Å². The van der Waals surface area contributed by atoms with Crippen LogP contribution in [0.4, 0.5) is 0 Å². The predicted molar refractivity (Wildman–Crippen MR) is 47.7 cm³/mol. The molecule has 2 aliphatic rings. The van der Waals surface area contributed by atoms with E-state index in [-0.39, 0.29) is 0 Å². The van der Waals surface area contributed by atoms with E-state index >= 15 is 0 Å². The fourth-order valence-electron chi connectivity index (χ4n) is 1.89. The third-order valence-electron chi connectivity index (χ3n) is 2.74. The van der Waals surface area contributed by atoms with Crippen LogP contribution in [0.25, 0.3) is 0 Å². The lowest BCUT2D eigenvalue weighted by molar-refractivity contribution is -0.00881. The van der Waals surface area contributed by atoms with E-state index in [9.17, 15) is 0 Å². The van der Waals surface area contributed by atoms with Crippen LogP contribution < -0.4 is 0 Å². The molecule has 66 valence electrons. The van der Waals surface area contributed by atoms with E-state index in [4.69, 9.17) is 11.2 Å². The summed E-state index contributed by atoms with van der Waals surface area (Å²) in [5.41, 5.74) is 0. The zero-order chi connectivity index (χ0) is 8.39. The van der Waals surface area contributed by atoms with Crippen LogP contribution in [0.3, 0.4) is 0 Å². The lowest BCUT2D eigenvalue weighted by Gasteiger charge is -2.34. The second kappa shape index (κ2) is 3.47. The second-order valence-corrected chi connectivity index (χ2v) is 3.65. The zero-order valence-corrected chi connectivity index (χ0v) is 7.33. The molecule has 1 aliphatic heterocycles. The molecular formula is C10H15NO. The highest BCUT2D eigenvalue weighted by molar-refractivity contribution is 4.96. The van der Waals surface area contributed by atoms with Crippen molar-refractivity contribution in [2.75, 3.05) is 26.3 Å². The lowest BCUT2D eigenvalue weighted by atomic mass is 10.1. The van der Waals surface area contributed by atoms with Crippen molar-refractivity contribution in [1.29, 1.82) is 0 Å². The van der Waals surface area contributed by atoms with Gasteiger partial charge < -0.3 is 4.74 Å². The number of hydrogen-bond donors (Lipinski definition) is 0. The molecule has 2 nitrogen and oxygen atoms in total. The molecule has 2 fully saturated rings. The smallest absolute Gasteiger partial charge is 0.0625 e. The molecule has 1 saturated carbocycles. The van der Waals surface area contributed by atoms with Crippen molar-refractivity contribution in [3.8, 4) is 12.3 Å². The Bertz CT molecular complexity index is 193. The molecule has 1 heterocycles. The Balaban J connectivity index is 1.92. The summed E-state index contributed by atoms with van der Waals surface area (Å²) in [6, 6.07) is 0.620. The number of rotatable bonds is 2. The first-order valence-corrected chi connectivity index (χ1v) is 4.67. The highest BCUT2D eigenvalue weighted by atomic mass is 16.5. The number of terminal acetylenes is 1. The van der Waals surface area contributed by atoms with Crippen LogP contribution in [0.1, 0.15) is 12.8 Å². The summed E-state index contributed by atoms with van der Waals surface area (Å²) in [5.74, 6) is 3.59. The molecule has 0 radical (unpaired) electrons. The SMILES string of the molecule is C#CCN1CCOCC1C1CC1. The average Bonchev–Trinajstić information content (AvgIpc) is 2.89. The van der Waals surface area contributed by atoms with Crippen LogP contribution in [-0.2, 0) is 4.74 Å². The minimum atomic E-state index is 0.620. The summed E-state index contributed by atoms with van der Waals surface area (Å²) in [6.45, 7) is 3.56. The van der Waals surface area contributed by atoms with E-state index in [0.29, 0.717) is 6.04 Å². The first kappa shape index (κ1) is 8.10. The quantitative estimate of drug-likeness (QED) is 0.559. The van der Waals surface area contributed by atoms with Crippen LogP contribution in [0, 0.1) is 18.3 Å². The molecule has 0 aromatic rings. The van der Waals surface area contributed by atoms with E-state index in [1.54, 1.807) is 0 Å². The van der Waals surface area contributed by atoms with Crippen molar-refractivity contribution < 1.29 is 4.74 Å². The van der Waals surface area contributed by atoms with Crippen molar-refractivity contribution >= 4 is 0 Å². The first-order valence-electron chi connectivity index (χ1n) is 4.67. The highest BCUT2D eigenvalue weighted by Gasteiger charge is 2.36. The molecule has 0 aromatic heterocycles. The highest BCUT2D eigenvalue weighted by Crippen LogP contribution is 2.36. The maximum absolute atomic E-state index is 5.45. The van der Waals surface area contributed by atoms with Crippen LogP contribution in [0.15, 0.2) is 0 Å². The van der Waals surface area contributed by atoms with Gasteiger partial charge in [-0.2, -0.15) is 0 Å². The van der Waals surface area contributed by atoms with Crippen LogP contribution in [0.2, 0.25) is 0 Å². The molecule has 1 unspecified atom stereocenters. The summed E-state index contributed by atoms with van der Waals surface area (Å²) in [7, 11) is 0. The van der Waals surface area contributed by atoms with Gasteiger partial charge in [-0.3, -0.25) is 4.90 Å². The van der Waals surface area contributed by atoms with E-state index in [1.165, 1.54) is 12.8 Å². The summed E-state index contributed by atoms with van der Waals surface area (Å²) in [6.07, 6.45) is 8.05. The third-order valence-corrected chi connectivity index (χ3v) is 2.74. The normalized spacial score (nSPS) is 31.4. The fraction of sp³-hybridized carbons (Fsp3) is 0.800. The van der Waals surface area contributed by atoms with Gasteiger partial charge >= 0.3 is 0 Å². The maximum atomic E-state index is 5.45. The van der Waals surface area contributed by atoms with Crippen molar-refractivity contribution in [1.82, 2.24) is 4.90 Å². The molecule has 0 spiro atoms. The molecule has 0 N–H and O–H groups in total. The largest absolute Gasteiger partial charge is 0.378 e. The Kier molecular flexibility index (Phi) is 2.34. The van der Waals surface area contributed by atoms with Gasteiger partial charge in [-0.25, -0.2) is 0 Å². The van der Waals surface area contributed by atoms with Crippen molar-refractivity contribution in [2.45, 2.75) is 18.9 Å². The second-order valence-electron chi connectivity index (χ2n) is 3.65. The first-order chi connectivity index (χ1) is 5.92. The number of hydrogen-bond acceptors (Lipinski definition) is 2. The summed E-state index contributed by atoms with van der Waals surface area (Å²) >= 11 is 0. The standard InChI is InChI=1S/C10H15NO/c1-2-5-11-6-7-12-8-10(11)9-3-4-9/h1,9-10H,3-8H2. The summed E-state index contributed by atoms with van der Waals surface area (Å²) < 4.78 is 5.45. The van der Waals surface area contributed by atoms with Gasteiger partial charge in [-0.15, -0.1) is 6.42 Å². The molecule has 0 bridgehead atoms. The molecule has 0 aromatic carbocycles. The lowest BCUT2D eigenvalue weighted by Crippen LogP contribution is -2.46. The molecular weight excluding hydrogens is 150 g/mol. The van der Waals surface area contributed by atoms with Gasteiger partial charge in [0, 0.05) is 12.6 Å². The third kappa shape index (κ3) is 1.63. The van der Waals surface area contributed by atoms with Crippen molar-refractivity contribution in [3.63, 3.8) is 0 Å². The maximum Gasteiger partial charge on any atom is 0.0625 e. The van der Waals surface area contributed by atoms with E-state index in [2.05, 4.69) is 10.8 Å². The van der Waals surface area contributed by atoms with Gasteiger partial charge in [0.2, 0.25) is 0 Å². The molecule has 0 amide bonds. The van der Waals surface area contributed by atoms with E-state index in [0.717, 1.165) is 32.2 Å². The molecule has 2 rings (SSSR count). The minimum absolute atomic E-state index is 0.620. The monoisotopic (exact) mass is 165 g/mol. The topological polar surface area (TPSA) is 12.5 Å². The van der Waals surface area contributed by atoms with Crippen LogP contribution in [0.5, 0.6) is 0 Å². The Morgan fingerprint density at radius 2 is 2.33 bits per heavy atom. The Morgan fingerprint density at radius 1 is 1.50 bits per heavy atom. The molecule has 2 heteroatoms. The fourth-order valence-corrected chi connectivity index (χ4v) is 1.89. The minimum Gasteiger partial charge on any atom is -0.378 e. The van der Waals surface area contributed by atoms with Gasteiger partial charge in [0.1, 0.15) is 0 Å². The van der Waals surface area contributed by atoms with Gasteiger partial charge in [0.05, 0.1) is 19.8 Å². The van der Waals surface area contributed by atoms with Gasteiger partial charge in [0.25, 0.3) is 0 Å². The van der Waals surface area contributed by atoms with Crippen molar-refractivity contribution in [3.05, 3.63) is 0 Å². The summed E-state index contributed by atoms with van der Waals surface area (Å²) in [5, 5.41) is 0. The summed E-state index contributed by atoms with van der Waals surface area (Å²) in [4.78, 5) is 2.39. The zero-order valence-electron chi connectivity index (χ0n) is 7.33. The number of nitrogens with zero attached hydrogens (tertiary/aromatic N) is 1. The van der Waals surface area contributed by atoms with Gasteiger partial charge in [0.15, 0.2) is 0 Å². The molecule has 1 atom stereocenters. The van der Waals surface area contributed by atoms with Crippen LogP contribution >= 0.6 is 0 Å². The van der Waals surface area contributed by atoms with Crippen LogP contribution in [-0.4, -0.2) is 37.2 Å². The predicted octanol–water partition coefficient (Wildman–Crippen LogP) is 0.730. The average molecular weight is 165 g/mol. The Labute approximate surface area is 73.9 Å². The van der Waals surface area contributed by atoms with Gasteiger partial charge in [-0.1, -0.05) is 5.92 Å². The number of ether oxygens (including phenoxy) is 1.